The van der Waals surface area contributed by atoms with Gasteiger partial charge in [-0.15, -0.1) is 0 Å². The Morgan fingerprint density at radius 2 is 2.00 bits per heavy atom. The zero-order valence-electron chi connectivity index (χ0n) is 11.5. The van der Waals surface area contributed by atoms with Crippen LogP contribution in [0.2, 0.25) is 0 Å². The Kier molecular flexibility index (Phi) is 5.14. The van der Waals surface area contributed by atoms with Gasteiger partial charge in [-0.2, -0.15) is 0 Å². The molecule has 0 aromatic carbocycles. The fourth-order valence-corrected chi connectivity index (χ4v) is 2.35. The monoisotopic (exact) mass is 257 g/mol. The molecule has 0 aliphatic carbocycles. The van der Waals surface area contributed by atoms with Gasteiger partial charge in [-0.3, -0.25) is 4.79 Å². The zero-order valence-corrected chi connectivity index (χ0v) is 11.5. The summed E-state index contributed by atoms with van der Waals surface area (Å²) in [5.74, 6) is -0.948. The van der Waals surface area contributed by atoms with E-state index < -0.39 is 18.1 Å². The molecule has 1 heterocycles. The quantitative estimate of drug-likeness (QED) is 0.781. The fourth-order valence-electron chi connectivity index (χ4n) is 2.35. The van der Waals surface area contributed by atoms with E-state index in [-0.39, 0.29) is 23.8 Å². The number of rotatable bonds is 5. The smallest absolute Gasteiger partial charge is 0.326 e. The van der Waals surface area contributed by atoms with Crippen LogP contribution in [0.25, 0.3) is 0 Å². The Morgan fingerprint density at radius 3 is 2.39 bits per heavy atom. The molecule has 2 N–H and O–H groups in total. The first-order valence-electron chi connectivity index (χ1n) is 6.50. The van der Waals surface area contributed by atoms with Crippen molar-refractivity contribution in [2.75, 3.05) is 0 Å². The molecule has 1 amide bonds. The minimum absolute atomic E-state index is 0.0594. The minimum atomic E-state index is -0.990. The van der Waals surface area contributed by atoms with Crippen LogP contribution < -0.4 is 5.32 Å². The van der Waals surface area contributed by atoms with E-state index in [9.17, 15) is 9.59 Å². The van der Waals surface area contributed by atoms with Crippen molar-refractivity contribution in [1.29, 1.82) is 0 Å². The van der Waals surface area contributed by atoms with E-state index in [2.05, 4.69) is 5.32 Å². The number of aliphatic carboxylic acids is 1. The molecule has 5 heteroatoms. The number of nitrogens with one attached hydrogen (secondary N) is 1. The Labute approximate surface area is 108 Å². The van der Waals surface area contributed by atoms with Gasteiger partial charge in [-0.1, -0.05) is 20.8 Å². The first-order chi connectivity index (χ1) is 8.31. The van der Waals surface area contributed by atoms with Gasteiger partial charge in [0, 0.05) is 0 Å². The highest BCUT2D eigenvalue weighted by Gasteiger charge is 2.36. The highest BCUT2D eigenvalue weighted by Crippen LogP contribution is 2.26. The first-order valence-corrected chi connectivity index (χ1v) is 6.50. The van der Waals surface area contributed by atoms with Crippen LogP contribution in [0.5, 0.6) is 0 Å². The average molecular weight is 257 g/mol. The van der Waals surface area contributed by atoms with Crippen LogP contribution in [0.1, 0.15) is 40.5 Å². The highest BCUT2D eigenvalue weighted by atomic mass is 16.5. The summed E-state index contributed by atoms with van der Waals surface area (Å²) < 4.78 is 5.52. The molecule has 18 heavy (non-hydrogen) atoms. The van der Waals surface area contributed by atoms with E-state index in [0.29, 0.717) is 6.42 Å². The van der Waals surface area contributed by atoms with Crippen molar-refractivity contribution in [2.45, 2.75) is 58.8 Å². The summed E-state index contributed by atoms with van der Waals surface area (Å²) in [5.41, 5.74) is 0. The molecule has 5 nitrogen and oxygen atoms in total. The van der Waals surface area contributed by atoms with Crippen molar-refractivity contribution in [2.24, 2.45) is 11.8 Å². The lowest BCUT2D eigenvalue weighted by Crippen LogP contribution is -2.47. The number of carboxylic acids is 1. The predicted octanol–water partition coefficient (Wildman–Crippen LogP) is 1.42. The number of hydrogen-bond donors (Lipinski definition) is 2. The van der Waals surface area contributed by atoms with E-state index in [1.165, 1.54) is 0 Å². The first kappa shape index (κ1) is 15.0. The lowest BCUT2D eigenvalue weighted by Gasteiger charge is -2.20. The second-order valence-electron chi connectivity index (χ2n) is 5.61. The molecule has 3 unspecified atom stereocenters. The van der Waals surface area contributed by atoms with Crippen LogP contribution in [-0.2, 0) is 14.3 Å². The van der Waals surface area contributed by atoms with Gasteiger partial charge >= 0.3 is 5.97 Å². The Balaban J connectivity index is 2.58. The number of carbonyl (C=O) groups is 2. The molecule has 0 bridgehead atoms. The second kappa shape index (κ2) is 6.18. The molecule has 1 saturated heterocycles. The normalized spacial score (nSPS) is 29.3. The third-order valence-electron chi connectivity index (χ3n) is 3.18. The van der Waals surface area contributed by atoms with E-state index in [1.807, 2.05) is 27.7 Å². The van der Waals surface area contributed by atoms with Crippen LogP contribution in [0.15, 0.2) is 0 Å². The number of ether oxygens (including phenoxy) is 1. The van der Waals surface area contributed by atoms with Crippen molar-refractivity contribution >= 4 is 11.9 Å². The summed E-state index contributed by atoms with van der Waals surface area (Å²) in [4.78, 5) is 23.1. The van der Waals surface area contributed by atoms with E-state index in [1.54, 1.807) is 0 Å². The van der Waals surface area contributed by atoms with Crippen LogP contribution in [-0.4, -0.2) is 35.2 Å². The molecular formula is C13H23NO4. The number of hydrogen-bond acceptors (Lipinski definition) is 3. The Morgan fingerprint density at radius 1 is 1.39 bits per heavy atom. The van der Waals surface area contributed by atoms with Crippen molar-refractivity contribution in [3.05, 3.63) is 0 Å². The van der Waals surface area contributed by atoms with Gasteiger partial charge in [0.15, 0.2) is 0 Å². The van der Waals surface area contributed by atoms with Crippen molar-refractivity contribution in [3.8, 4) is 0 Å². The van der Waals surface area contributed by atoms with Gasteiger partial charge in [0.25, 0.3) is 0 Å². The standard InChI is InChI=1S/C13H23NO4/c1-7(2)5-10(13(16)17)14-12(15)11-8(3)6-9(4)18-11/h7-11H,5-6H2,1-4H3,(H,14,15)(H,16,17)/t8?,9?,10-,11?/m0/s1. The Hall–Kier alpha value is -1.10. The van der Waals surface area contributed by atoms with E-state index >= 15 is 0 Å². The maximum absolute atomic E-state index is 12.0. The third-order valence-corrected chi connectivity index (χ3v) is 3.18. The summed E-state index contributed by atoms with van der Waals surface area (Å²) >= 11 is 0. The average Bonchev–Trinajstić information content (AvgIpc) is 2.56. The summed E-state index contributed by atoms with van der Waals surface area (Å²) in [5, 5.41) is 11.7. The highest BCUT2D eigenvalue weighted by molar-refractivity contribution is 5.86. The van der Waals surface area contributed by atoms with Crippen LogP contribution in [0, 0.1) is 11.8 Å². The molecule has 104 valence electrons. The molecule has 1 rings (SSSR count). The number of carboxylic acid groups (broad SMARTS) is 1. The molecule has 0 radical (unpaired) electrons. The topological polar surface area (TPSA) is 75.6 Å². The fraction of sp³-hybridized carbons (Fsp3) is 0.846. The van der Waals surface area contributed by atoms with Crippen molar-refractivity contribution in [3.63, 3.8) is 0 Å². The number of carbonyl (C=O) groups excluding carboxylic acids is 1. The van der Waals surface area contributed by atoms with Gasteiger partial charge in [0.2, 0.25) is 5.91 Å². The predicted molar refractivity (Wildman–Crippen MR) is 67.1 cm³/mol. The molecule has 0 aromatic rings. The summed E-state index contributed by atoms with van der Waals surface area (Å²) in [6.07, 6.45) is 0.802. The van der Waals surface area contributed by atoms with Crippen LogP contribution >= 0.6 is 0 Å². The molecule has 1 aliphatic heterocycles. The molecule has 0 saturated carbocycles. The molecule has 1 fully saturated rings. The third kappa shape index (κ3) is 3.98. The molecule has 0 aromatic heterocycles. The minimum Gasteiger partial charge on any atom is -0.480 e. The van der Waals surface area contributed by atoms with Crippen molar-refractivity contribution < 1.29 is 19.4 Å². The lowest BCUT2D eigenvalue weighted by atomic mass is 10.00. The lowest BCUT2D eigenvalue weighted by molar-refractivity contribution is -0.145. The van der Waals surface area contributed by atoms with Crippen molar-refractivity contribution in [1.82, 2.24) is 5.32 Å². The molecule has 0 spiro atoms. The van der Waals surface area contributed by atoms with E-state index in [4.69, 9.17) is 9.84 Å². The van der Waals surface area contributed by atoms with Gasteiger partial charge < -0.3 is 15.2 Å². The summed E-state index contributed by atoms with van der Waals surface area (Å²) in [7, 11) is 0. The van der Waals surface area contributed by atoms with Crippen LogP contribution in [0.3, 0.4) is 0 Å². The van der Waals surface area contributed by atoms with Gasteiger partial charge in [-0.05, 0) is 31.6 Å². The molecular weight excluding hydrogens is 234 g/mol. The number of amides is 1. The van der Waals surface area contributed by atoms with Crippen LogP contribution in [0.4, 0.5) is 0 Å². The maximum Gasteiger partial charge on any atom is 0.326 e. The second-order valence-corrected chi connectivity index (χ2v) is 5.61. The molecule has 1 aliphatic rings. The van der Waals surface area contributed by atoms with Gasteiger partial charge in [0.1, 0.15) is 12.1 Å². The SMILES string of the molecule is CC(C)C[C@H](NC(=O)C1OC(C)CC1C)C(=O)O. The summed E-state index contributed by atoms with van der Waals surface area (Å²) in [6.45, 7) is 7.73. The summed E-state index contributed by atoms with van der Waals surface area (Å²) in [6, 6.07) is -0.829. The Bertz CT molecular complexity index is 316. The van der Waals surface area contributed by atoms with Gasteiger partial charge in [0.05, 0.1) is 6.10 Å². The van der Waals surface area contributed by atoms with Gasteiger partial charge in [-0.25, -0.2) is 4.79 Å². The maximum atomic E-state index is 12.0. The largest absolute Gasteiger partial charge is 0.480 e. The molecule has 4 atom stereocenters. The van der Waals surface area contributed by atoms with E-state index in [0.717, 1.165) is 6.42 Å². The zero-order chi connectivity index (χ0) is 13.9.